The molecule has 0 saturated heterocycles. The van der Waals surface area contributed by atoms with E-state index in [0.29, 0.717) is 22.2 Å². The van der Waals surface area contributed by atoms with Crippen molar-refractivity contribution in [2.75, 3.05) is 5.32 Å². The zero-order valence-electron chi connectivity index (χ0n) is 12.9. The van der Waals surface area contributed by atoms with Crippen LogP contribution in [0.5, 0.6) is 0 Å². The van der Waals surface area contributed by atoms with Crippen LogP contribution in [0.4, 0.5) is 5.13 Å². The minimum atomic E-state index is -0.925. The molecule has 1 fully saturated rings. The van der Waals surface area contributed by atoms with Crippen molar-refractivity contribution >= 4 is 34.2 Å². The number of fused-ring (bicyclic) bond motifs is 1. The summed E-state index contributed by atoms with van der Waals surface area (Å²) in [6, 6.07) is 5.64. The lowest BCUT2D eigenvalue weighted by atomic mass is 10.1. The van der Waals surface area contributed by atoms with E-state index in [4.69, 9.17) is 0 Å². The molecule has 1 aromatic heterocycles. The highest BCUT2D eigenvalue weighted by molar-refractivity contribution is 7.15. The van der Waals surface area contributed by atoms with Gasteiger partial charge in [0.1, 0.15) is 11.0 Å². The predicted octanol–water partition coefficient (Wildman–Crippen LogP) is 2.04. The zero-order chi connectivity index (χ0) is 16.8. The van der Waals surface area contributed by atoms with E-state index in [-0.39, 0.29) is 0 Å². The van der Waals surface area contributed by atoms with Gasteiger partial charge in [0, 0.05) is 5.92 Å². The first kappa shape index (κ1) is 14.9. The van der Waals surface area contributed by atoms with E-state index in [1.165, 1.54) is 18.3 Å². The number of amides is 3. The van der Waals surface area contributed by atoms with Crippen molar-refractivity contribution in [2.24, 2.45) is 0 Å². The second-order valence-electron chi connectivity index (χ2n) is 5.91. The van der Waals surface area contributed by atoms with Crippen molar-refractivity contribution < 1.29 is 14.4 Å². The topological polar surface area (TPSA) is 92.3 Å². The van der Waals surface area contributed by atoms with Gasteiger partial charge in [-0.15, -0.1) is 10.2 Å². The van der Waals surface area contributed by atoms with Crippen LogP contribution in [0.15, 0.2) is 24.3 Å². The van der Waals surface area contributed by atoms with Crippen molar-refractivity contribution in [3.05, 3.63) is 40.4 Å². The van der Waals surface area contributed by atoms with Crippen molar-refractivity contribution in [1.82, 2.24) is 15.1 Å². The Morgan fingerprint density at radius 1 is 1.21 bits per heavy atom. The predicted molar refractivity (Wildman–Crippen MR) is 86.9 cm³/mol. The summed E-state index contributed by atoms with van der Waals surface area (Å²) in [5.41, 5.74) is 0.656. The molecule has 122 valence electrons. The lowest BCUT2D eigenvalue weighted by Crippen LogP contribution is -2.45. The Balaban J connectivity index is 1.50. The zero-order valence-corrected chi connectivity index (χ0v) is 13.7. The Morgan fingerprint density at radius 3 is 2.42 bits per heavy atom. The molecular weight excluding hydrogens is 328 g/mol. The van der Waals surface area contributed by atoms with Gasteiger partial charge in [-0.25, -0.2) is 0 Å². The van der Waals surface area contributed by atoms with Crippen LogP contribution < -0.4 is 5.32 Å². The number of rotatable bonds is 4. The molecule has 2 aromatic rings. The van der Waals surface area contributed by atoms with Gasteiger partial charge in [0.15, 0.2) is 0 Å². The van der Waals surface area contributed by atoms with Crippen LogP contribution >= 0.6 is 11.3 Å². The third-order valence-corrected chi connectivity index (χ3v) is 5.19. The smallest absolute Gasteiger partial charge is 0.262 e. The van der Waals surface area contributed by atoms with E-state index < -0.39 is 23.8 Å². The third kappa shape index (κ3) is 2.39. The van der Waals surface area contributed by atoms with Crippen LogP contribution in [0.2, 0.25) is 0 Å². The van der Waals surface area contributed by atoms with E-state index in [0.717, 1.165) is 22.7 Å². The van der Waals surface area contributed by atoms with E-state index in [1.807, 2.05) is 0 Å². The van der Waals surface area contributed by atoms with Gasteiger partial charge in [-0.05, 0) is 31.9 Å². The molecule has 24 heavy (non-hydrogen) atoms. The lowest BCUT2D eigenvalue weighted by Gasteiger charge is -2.20. The van der Waals surface area contributed by atoms with E-state index in [9.17, 15) is 14.4 Å². The van der Waals surface area contributed by atoms with Crippen molar-refractivity contribution in [2.45, 2.75) is 31.7 Å². The Hall–Kier alpha value is -2.61. The summed E-state index contributed by atoms with van der Waals surface area (Å²) in [6.07, 6.45) is 2.21. The van der Waals surface area contributed by atoms with Crippen LogP contribution in [-0.2, 0) is 4.79 Å². The number of aromatic nitrogens is 2. The van der Waals surface area contributed by atoms with Gasteiger partial charge in [0.05, 0.1) is 11.1 Å². The average molecular weight is 342 g/mol. The number of carbonyl (C=O) groups is 3. The maximum atomic E-state index is 12.4. The van der Waals surface area contributed by atoms with Crippen LogP contribution in [0.3, 0.4) is 0 Å². The maximum absolute atomic E-state index is 12.4. The standard InChI is InChI=1S/C16H14N4O3S/c1-8(12(21)17-16-19-18-13(24-16)9-6-7-9)20-14(22)10-4-2-3-5-11(10)15(20)23/h2-5,8-9H,6-7H2,1H3,(H,17,19,21)/t8-/m1/s1. The molecule has 1 saturated carbocycles. The molecule has 1 aliphatic heterocycles. The first-order valence-electron chi connectivity index (χ1n) is 7.67. The summed E-state index contributed by atoms with van der Waals surface area (Å²) in [4.78, 5) is 38.2. The minimum Gasteiger partial charge on any atom is -0.299 e. The molecule has 1 N–H and O–H groups in total. The summed E-state index contributed by atoms with van der Waals surface area (Å²) in [5.74, 6) is -0.895. The highest BCUT2D eigenvalue weighted by atomic mass is 32.1. The van der Waals surface area contributed by atoms with E-state index in [2.05, 4.69) is 15.5 Å². The number of nitrogens with one attached hydrogen (secondary N) is 1. The number of hydrogen-bond donors (Lipinski definition) is 1. The van der Waals surface area contributed by atoms with Crippen molar-refractivity contribution in [3.8, 4) is 0 Å². The summed E-state index contributed by atoms with van der Waals surface area (Å²) >= 11 is 1.34. The third-order valence-electron chi connectivity index (χ3n) is 4.19. The second kappa shape index (κ2) is 5.48. The second-order valence-corrected chi connectivity index (χ2v) is 6.92. The molecule has 2 aliphatic rings. The number of imide groups is 1. The van der Waals surface area contributed by atoms with Crippen molar-refractivity contribution in [1.29, 1.82) is 0 Å². The number of hydrogen-bond acceptors (Lipinski definition) is 6. The highest BCUT2D eigenvalue weighted by Gasteiger charge is 2.40. The van der Waals surface area contributed by atoms with Crippen molar-refractivity contribution in [3.63, 3.8) is 0 Å². The molecule has 3 amide bonds. The Bertz CT molecular complexity index is 824. The largest absolute Gasteiger partial charge is 0.299 e. The fourth-order valence-electron chi connectivity index (χ4n) is 2.67. The quantitative estimate of drug-likeness (QED) is 0.859. The van der Waals surface area contributed by atoms with Gasteiger partial charge in [-0.3, -0.25) is 24.6 Å². The van der Waals surface area contributed by atoms with Crippen LogP contribution in [-0.4, -0.2) is 38.9 Å². The Labute approximate surface area is 141 Å². The maximum Gasteiger partial charge on any atom is 0.262 e. The number of nitrogens with zero attached hydrogens (tertiary/aromatic N) is 3. The fourth-order valence-corrected chi connectivity index (χ4v) is 3.58. The summed E-state index contributed by atoms with van der Waals surface area (Å²) in [7, 11) is 0. The summed E-state index contributed by atoms with van der Waals surface area (Å²) in [6.45, 7) is 1.53. The molecule has 0 bridgehead atoms. The average Bonchev–Trinajstić information content (AvgIpc) is 3.28. The summed E-state index contributed by atoms with van der Waals surface area (Å²) < 4.78 is 0. The number of benzene rings is 1. The first-order chi connectivity index (χ1) is 11.6. The first-order valence-corrected chi connectivity index (χ1v) is 8.49. The lowest BCUT2D eigenvalue weighted by molar-refractivity contribution is -0.119. The molecule has 2 heterocycles. The molecule has 0 unspecified atom stereocenters. The highest BCUT2D eigenvalue weighted by Crippen LogP contribution is 2.42. The molecule has 1 aromatic carbocycles. The molecule has 1 atom stereocenters. The molecule has 0 radical (unpaired) electrons. The van der Waals surface area contributed by atoms with Crippen LogP contribution in [0, 0.1) is 0 Å². The molecule has 1 aliphatic carbocycles. The van der Waals surface area contributed by atoms with Gasteiger partial charge in [-0.2, -0.15) is 0 Å². The molecule has 4 rings (SSSR count). The molecule has 0 spiro atoms. The molecule has 8 heteroatoms. The van der Waals surface area contributed by atoms with Gasteiger partial charge < -0.3 is 0 Å². The monoisotopic (exact) mass is 342 g/mol. The Kier molecular flexibility index (Phi) is 3.42. The molecule has 7 nitrogen and oxygen atoms in total. The summed E-state index contributed by atoms with van der Waals surface area (Å²) in [5, 5.41) is 12.0. The normalized spacial score (nSPS) is 17.8. The van der Waals surface area contributed by atoms with Gasteiger partial charge in [0.2, 0.25) is 11.0 Å². The number of anilines is 1. The van der Waals surface area contributed by atoms with Crippen LogP contribution in [0.25, 0.3) is 0 Å². The fraction of sp³-hybridized carbons (Fsp3) is 0.312. The van der Waals surface area contributed by atoms with Crippen LogP contribution in [0.1, 0.15) is 51.4 Å². The van der Waals surface area contributed by atoms with E-state index in [1.54, 1.807) is 24.3 Å². The van der Waals surface area contributed by atoms with Gasteiger partial charge in [0.25, 0.3) is 11.8 Å². The van der Waals surface area contributed by atoms with Gasteiger partial charge >= 0.3 is 0 Å². The SMILES string of the molecule is C[C@H](C(=O)Nc1nnc(C2CC2)s1)N1C(=O)c2ccccc2C1=O. The Morgan fingerprint density at radius 2 is 1.83 bits per heavy atom. The van der Waals surface area contributed by atoms with Gasteiger partial charge in [-0.1, -0.05) is 23.5 Å². The number of carbonyl (C=O) groups excluding carboxylic acids is 3. The van der Waals surface area contributed by atoms with E-state index >= 15 is 0 Å². The molecular formula is C16H14N4O3S. The minimum absolute atomic E-state index is 0.328.